The SMILES string of the molecule is Cc1c(CC(N)=O)c2cc(O)c(Cl)cc2n1C(=O)c1ccc(F)cc1. The summed E-state index contributed by atoms with van der Waals surface area (Å²) in [6.07, 6.45) is -0.0902. The maximum absolute atomic E-state index is 13.1. The van der Waals surface area contributed by atoms with Crippen LogP contribution in [0, 0.1) is 12.7 Å². The number of phenolic OH excluding ortho intramolecular Hbond substituents is 1. The number of nitrogens with two attached hydrogens (primary N) is 1. The van der Waals surface area contributed by atoms with E-state index >= 15 is 0 Å². The molecule has 3 aromatic rings. The number of nitrogens with zero attached hydrogens (tertiary/aromatic N) is 1. The normalized spacial score (nSPS) is 11.0. The molecule has 0 aliphatic rings. The number of aromatic nitrogens is 1. The molecular weight excluding hydrogens is 347 g/mol. The van der Waals surface area contributed by atoms with Crippen LogP contribution in [-0.2, 0) is 11.2 Å². The number of rotatable bonds is 3. The summed E-state index contributed by atoms with van der Waals surface area (Å²) in [5.41, 5.74) is 7.05. The minimum atomic E-state index is -0.564. The van der Waals surface area contributed by atoms with Gasteiger partial charge in [-0.1, -0.05) is 11.6 Å². The summed E-state index contributed by atoms with van der Waals surface area (Å²) < 4.78 is 14.5. The van der Waals surface area contributed by atoms with Crippen molar-refractivity contribution in [3.8, 4) is 5.75 Å². The Morgan fingerprint density at radius 2 is 1.88 bits per heavy atom. The van der Waals surface area contributed by atoms with E-state index in [1.54, 1.807) is 6.92 Å². The number of halogens is 2. The number of benzene rings is 2. The summed E-state index contributed by atoms with van der Waals surface area (Å²) in [7, 11) is 0. The number of aromatic hydroxyl groups is 1. The van der Waals surface area contributed by atoms with Gasteiger partial charge in [-0.25, -0.2) is 4.39 Å². The topological polar surface area (TPSA) is 85.3 Å². The van der Waals surface area contributed by atoms with E-state index in [0.29, 0.717) is 22.2 Å². The molecule has 0 spiro atoms. The Kier molecular flexibility index (Phi) is 4.22. The van der Waals surface area contributed by atoms with E-state index in [2.05, 4.69) is 0 Å². The zero-order valence-corrected chi connectivity index (χ0v) is 14.0. The van der Waals surface area contributed by atoms with Gasteiger partial charge in [0.25, 0.3) is 5.91 Å². The molecule has 0 fully saturated rings. The third-order valence-electron chi connectivity index (χ3n) is 4.05. The zero-order chi connectivity index (χ0) is 18.3. The number of fused-ring (bicyclic) bond motifs is 1. The zero-order valence-electron chi connectivity index (χ0n) is 13.2. The van der Waals surface area contributed by atoms with Crippen molar-refractivity contribution in [2.75, 3.05) is 0 Å². The first kappa shape index (κ1) is 17.0. The van der Waals surface area contributed by atoms with Gasteiger partial charge in [0.05, 0.1) is 17.0 Å². The Morgan fingerprint density at radius 3 is 2.48 bits per heavy atom. The lowest BCUT2D eigenvalue weighted by atomic mass is 10.1. The maximum atomic E-state index is 13.1. The first-order chi connectivity index (χ1) is 11.8. The van der Waals surface area contributed by atoms with Crippen molar-refractivity contribution in [3.05, 3.63) is 64.1 Å². The lowest BCUT2D eigenvalue weighted by molar-refractivity contribution is -0.117. The van der Waals surface area contributed by atoms with E-state index in [9.17, 15) is 19.1 Å². The Labute approximate surface area is 147 Å². The molecule has 0 radical (unpaired) electrons. The van der Waals surface area contributed by atoms with Crippen LogP contribution >= 0.6 is 11.6 Å². The van der Waals surface area contributed by atoms with Crippen LogP contribution in [0.5, 0.6) is 5.75 Å². The molecule has 3 rings (SSSR count). The van der Waals surface area contributed by atoms with Gasteiger partial charge in [0.1, 0.15) is 11.6 Å². The van der Waals surface area contributed by atoms with Gasteiger partial charge in [-0.2, -0.15) is 0 Å². The second kappa shape index (κ2) is 6.22. The molecule has 0 bridgehead atoms. The van der Waals surface area contributed by atoms with Crippen LogP contribution in [0.3, 0.4) is 0 Å². The molecule has 1 aromatic heterocycles. The van der Waals surface area contributed by atoms with Crippen molar-refractivity contribution in [1.82, 2.24) is 4.57 Å². The fourth-order valence-electron chi connectivity index (χ4n) is 2.87. The van der Waals surface area contributed by atoms with Crippen molar-refractivity contribution < 1.29 is 19.1 Å². The van der Waals surface area contributed by atoms with Crippen LogP contribution in [0.4, 0.5) is 4.39 Å². The third kappa shape index (κ3) is 2.96. The Balaban J connectivity index is 2.28. The van der Waals surface area contributed by atoms with Gasteiger partial charge >= 0.3 is 0 Å². The molecule has 0 saturated heterocycles. The molecule has 1 amide bonds. The van der Waals surface area contributed by atoms with Crippen molar-refractivity contribution in [1.29, 1.82) is 0 Å². The van der Waals surface area contributed by atoms with Crippen LogP contribution in [0.15, 0.2) is 36.4 Å². The average Bonchev–Trinajstić information content (AvgIpc) is 2.80. The molecule has 1 heterocycles. The van der Waals surface area contributed by atoms with Gasteiger partial charge in [-0.05, 0) is 48.9 Å². The number of hydrogen-bond acceptors (Lipinski definition) is 3. The molecule has 25 heavy (non-hydrogen) atoms. The highest BCUT2D eigenvalue weighted by atomic mass is 35.5. The lowest BCUT2D eigenvalue weighted by Gasteiger charge is -2.08. The van der Waals surface area contributed by atoms with Crippen LogP contribution < -0.4 is 5.73 Å². The monoisotopic (exact) mass is 360 g/mol. The number of primary amides is 1. The lowest BCUT2D eigenvalue weighted by Crippen LogP contribution is -2.16. The highest BCUT2D eigenvalue weighted by Crippen LogP contribution is 2.34. The van der Waals surface area contributed by atoms with E-state index in [-0.39, 0.29) is 22.8 Å². The molecular formula is C18H14ClFN2O3. The predicted molar refractivity (Wildman–Crippen MR) is 92.4 cm³/mol. The molecule has 7 heteroatoms. The molecule has 0 unspecified atom stereocenters. The molecule has 2 aromatic carbocycles. The number of hydrogen-bond donors (Lipinski definition) is 2. The van der Waals surface area contributed by atoms with Gasteiger partial charge in [-0.15, -0.1) is 0 Å². The smallest absolute Gasteiger partial charge is 0.262 e. The van der Waals surface area contributed by atoms with Gasteiger partial charge < -0.3 is 10.8 Å². The van der Waals surface area contributed by atoms with Crippen LogP contribution in [0.25, 0.3) is 10.9 Å². The number of carbonyl (C=O) groups is 2. The largest absolute Gasteiger partial charge is 0.506 e. The van der Waals surface area contributed by atoms with Gasteiger partial charge in [0, 0.05) is 16.6 Å². The van der Waals surface area contributed by atoms with E-state index in [0.717, 1.165) is 0 Å². The quantitative estimate of drug-likeness (QED) is 0.752. The van der Waals surface area contributed by atoms with Gasteiger partial charge in [0.2, 0.25) is 5.91 Å². The summed E-state index contributed by atoms with van der Waals surface area (Å²) in [5, 5.41) is 10.5. The molecule has 0 atom stereocenters. The average molecular weight is 361 g/mol. The van der Waals surface area contributed by atoms with E-state index in [1.165, 1.54) is 41.0 Å². The highest BCUT2D eigenvalue weighted by molar-refractivity contribution is 6.33. The second-order valence-electron chi connectivity index (χ2n) is 5.68. The summed E-state index contributed by atoms with van der Waals surface area (Å²) in [6, 6.07) is 7.98. The van der Waals surface area contributed by atoms with E-state index in [4.69, 9.17) is 17.3 Å². The molecule has 0 saturated carbocycles. The Morgan fingerprint density at radius 1 is 1.24 bits per heavy atom. The van der Waals surface area contributed by atoms with Crippen LogP contribution in [0.1, 0.15) is 21.6 Å². The summed E-state index contributed by atoms with van der Waals surface area (Å²) in [5.74, 6) is -1.58. The number of phenols is 1. The fourth-order valence-corrected chi connectivity index (χ4v) is 3.03. The third-order valence-corrected chi connectivity index (χ3v) is 4.35. The standard InChI is InChI=1S/C18H14ClFN2O3/c1-9-12(7-17(21)24)13-6-16(23)14(19)8-15(13)22(9)18(25)10-2-4-11(20)5-3-10/h2-6,8,23H,7H2,1H3,(H2,21,24). The van der Waals surface area contributed by atoms with E-state index in [1.807, 2.05) is 0 Å². The summed E-state index contributed by atoms with van der Waals surface area (Å²) in [6.45, 7) is 1.67. The molecule has 0 aliphatic heterocycles. The molecule has 5 nitrogen and oxygen atoms in total. The second-order valence-corrected chi connectivity index (χ2v) is 6.08. The van der Waals surface area contributed by atoms with Crippen molar-refractivity contribution in [2.45, 2.75) is 13.3 Å². The maximum Gasteiger partial charge on any atom is 0.262 e. The first-order valence-electron chi connectivity index (χ1n) is 7.40. The van der Waals surface area contributed by atoms with E-state index < -0.39 is 17.6 Å². The predicted octanol–water partition coefficient (Wildman–Crippen LogP) is 3.16. The Hall–Kier alpha value is -2.86. The molecule has 128 valence electrons. The highest BCUT2D eigenvalue weighted by Gasteiger charge is 2.22. The fraction of sp³-hybridized carbons (Fsp3) is 0.111. The molecule has 3 N–H and O–H groups in total. The molecule has 0 aliphatic carbocycles. The number of amides is 1. The minimum absolute atomic E-state index is 0.0729. The summed E-state index contributed by atoms with van der Waals surface area (Å²) >= 11 is 5.98. The van der Waals surface area contributed by atoms with Crippen molar-refractivity contribution in [2.24, 2.45) is 5.73 Å². The van der Waals surface area contributed by atoms with Crippen molar-refractivity contribution >= 4 is 34.3 Å². The summed E-state index contributed by atoms with van der Waals surface area (Å²) in [4.78, 5) is 24.3. The van der Waals surface area contributed by atoms with Gasteiger partial charge in [0.15, 0.2) is 0 Å². The van der Waals surface area contributed by atoms with Gasteiger partial charge in [-0.3, -0.25) is 14.2 Å². The number of carbonyl (C=O) groups excluding carboxylic acids is 2. The van der Waals surface area contributed by atoms with Crippen LogP contribution in [-0.4, -0.2) is 21.5 Å². The first-order valence-corrected chi connectivity index (χ1v) is 7.78. The van der Waals surface area contributed by atoms with Crippen molar-refractivity contribution in [3.63, 3.8) is 0 Å². The van der Waals surface area contributed by atoms with Crippen LogP contribution in [0.2, 0.25) is 5.02 Å². The Bertz CT molecular complexity index is 1010. The minimum Gasteiger partial charge on any atom is -0.506 e.